The van der Waals surface area contributed by atoms with Crippen LogP contribution in [0.4, 0.5) is 17.1 Å². The molecule has 0 aromatic heterocycles. The van der Waals surface area contributed by atoms with E-state index in [4.69, 9.17) is 4.74 Å². The summed E-state index contributed by atoms with van der Waals surface area (Å²) in [7, 11) is -4.12. The first-order valence-corrected chi connectivity index (χ1v) is 12.6. The number of para-hydroxylation sites is 1. The van der Waals surface area contributed by atoms with Crippen LogP contribution in [-0.2, 0) is 14.8 Å². The van der Waals surface area contributed by atoms with Crippen molar-refractivity contribution in [1.82, 2.24) is 0 Å². The van der Waals surface area contributed by atoms with E-state index < -0.39 is 27.4 Å². The number of rotatable bonds is 9. The fourth-order valence-electron chi connectivity index (χ4n) is 3.62. The normalized spacial score (nSPS) is 10.9. The van der Waals surface area contributed by atoms with Gasteiger partial charge in [-0.15, -0.1) is 0 Å². The molecule has 188 valence electrons. The standard InChI is InChI=1S/C27H23N3O6S/c1-20-25(13-8-14-26(20)30(32)33)28-27(31)19-29(37(34,35)24-11-6-3-7-12-24)21-15-17-23(18-16-21)36-22-9-4-2-5-10-22/h2-18H,19H2,1H3,(H,28,31). The van der Waals surface area contributed by atoms with E-state index in [0.717, 1.165) is 4.31 Å². The van der Waals surface area contributed by atoms with Gasteiger partial charge in [0.05, 0.1) is 26.8 Å². The molecule has 0 heterocycles. The van der Waals surface area contributed by atoms with E-state index in [1.807, 2.05) is 18.2 Å². The first-order chi connectivity index (χ1) is 17.8. The molecule has 0 atom stereocenters. The average Bonchev–Trinajstić information content (AvgIpc) is 2.90. The second-order valence-electron chi connectivity index (χ2n) is 7.99. The number of nitrogens with zero attached hydrogens (tertiary/aromatic N) is 2. The Labute approximate surface area is 214 Å². The molecule has 0 aliphatic carbocycles. The molecule has 0 bridgehead atoms. The second kappa shape index (κ2) is 10.9. The molecule has 1 amide bonds. The number of hydrogen-bond donors (Lipinski definition) is 1. The number of ether oxygens (including phenoxy) is 1. The molecule has 0 aliphatic rings. The van der Waals surface area contributed by atoms with E-state index in [1.54, 1.807) is 54.6 Å². The Bertz CT molecular complexity index is 1510. The summed E-state index contributed by atoms with van der Waals surface area (Å²) in [5.74, 6) is 0.451. The van der Waals surface area contributed by atoms with Crippen molar-refractivity contribution >= 4 is 33.0 Å². The number of carbonyl (C=O) groups excluding carboxylic acids is 1. The van der Waals surface area contributed by atoms with Gasteiger partial charge in [-0.05, 0) is 61.5 Å². The van der Waals surface area contributed by atoms with Crippen LogP contribution in [0.5, 0.6) is 11.5 Å². The number of anilines is 2. The molecule has 0 fully saturated rings. The zero-order valence-electron chi connectivity index (χ0n) is 19.8. The van der Waals surface area contributed by atoms with Crippen LogP contribution < -0.4 is 14.4 Å². The Hall–Kier alpha value is -4.70. The number of carbonyl (C=O) groups is 1. The van der Waals surface area contributed by atoms with Crippen LogP contribution in [0, 0.1) is 17.0 Å². The van der Waals surface area contributed by atoms with Gasteiger partial charge in [-0.2, -0.15) is 0 Å². The Morgan fingerprint density at radius 1 is 0.865 bits per heavy atom. The Morgan fingerprint density at radius 2 is 1.46 bits per heavy atom. The number of benzene rings is 4. The minimum atomic E-state index is -4.12. The molecule has 0 spiro atoms. The largest absolute Gasteiger partial charge is 0.457 e. The summed E-state index contributed by atoms with van der Waals surface area (Å²) in [4.78, 5) is 23.7. The van der Waals surface area contributed by atoms with Crippen LogP contribution in [0.2, 0.25) is 0 Å². The van der Waals surface area contributed by atoms with Crippen LogP contribution in [0.1, 0.15) is 5.56 Å². The molecular formula is C27H23N3O6S. The minimum absolute atomic E-state index is 0.0129. The molecule has 37 heavy (non-hydrogen) atoms. The van der Waals surface area contributed by atoms with E-state index in [2.05, 4.69) is 5.32 Å². The lowest BCUT2D eigenvalue weighted by Gasteiger charge is -2.24. The maximum Gasteiger partial charge on any atom is 0.274 e. The van der Waals surface area contributed by atoms with Gasteiger partial charge in [-0.25, -0.2) is 8.42 Å². The van der Waals surface area contributed by atoms with Crippen molar-refractivity contribution < 1.29 is 22.9 Å². The zero-order chi connectivity index (χ0) is 26.4. The predicted octanol–water partition coefficient (Wildman–Crippen LogP) is 5.53. The third-order valence-corrected chi connectivity index (χ3v) is 7.29. The van der Waals surface area contributed by atoms with E-state index in [9.17, 15) is 23.3 Å². The number of nitrogens with one attached hydrogen (secondary N) is 1. The van der Waals surface area contributed by atoms with Crippen molar-refractivity contribution in [2.24, 2.45) is 0 Å². The third kappa shape index (κ3) is 5.93. The lowest BCUT2D eigenvalue weighted by molar-refractivity contribution is -0.385. The smallest absolute Gasteiger partial charge is 0.274 e. The molecule has 4 rings (SSSR count). The molecule has 4 aromatic rings. The molecule has 4 aromatic carbocycles. The SMILES string of the molecule is Cc1c(NC(=O)CN(c2ccc(Oc3ccccc3)cc2)S(=O)(=O)c2ccccc2)cccc1[N+](=O)[O-]. The minimum Gasteiger partial charge on any atom is -0.457 e. The van der Waals surface area contributed by atoms with Crippen molar-refractivity contribution in [1.29, 1.82) is 0 Å². The highest BCUT2D eigenvalue weighted by atomic mass is 32.2. The van der Waals surface area contributed by atoms with Gasteiger partial charge in [-0.3, -0.25) is 19.2 Å². The molecule has 9 nitrogen and oxygen atoms in total. The van der Waals surface area contributed by atoms with E-state index >= 15 is 0 Å². The number of amides is 1. The van der Waals surface area contributed by atoms with Gasteiger partial charge in [0.25, 0.3) is 15.7 Å². The molecule has 0 radical (unpaired) electrons. The van der Waals surface area contributed by atoms with Crippen LogP contribution in [0.3, 0.4) is 0 Å². The van der Waals surface area contributed by atoms with Crippen LogP contribution in [0.15, 0.2) is 108 Å². The molecule has 0 aliphatic heterocycles. The Kier molecular flexibility index (Phi) is 7.49. The van der Waals surface area contributed by atoms with Crippen LogP contribution in [-0.4, -0.2) is 25.8 Å². The number of hydrogen-bond acceptors (Lipinski definition) is 6. The number of nitro groups is 1. The van der Waals surface area contributed by atoms with E-state index in [1.165, 1.54) is 37.3 Å². The lowest BCUT2D eigenvalue weighted by atomic mass is 10.1. The van der Waals surface area contributed by atoms with Crippen molar-refractivity contribution in [3.8, 4) is 11.5 Å². The summed E-state index contributed by atoms with van der Waals surface area (Å²) in [6.45, 7) is 0.954. The van der Waals surface area contributed by atoms with Crippen molar-refractivity contribution in [3.05, 3.63) is 119 Å². The lowest BCUT2D eigenvalue weighted by Crippen LogP contribution is -2.38. The summed E-state index contributed by atoms with van der Waals surface area (Å²) in [6, 6.07) is 27.5. The summed E-state index contributed by atoms with van der Waals surface area (Å²) in [6.07, 6.45) is 0. The van der Waals surface area contributed by atoms with E-state index in [0.29, 0.717) is 11.5 Å². The molecule has 1 N–H and O–H groups in total. The Morgan fingerprint density at radius 3 is 2.08 bits per heavy atom. The predicted molar refractivity (Wildman–Crippen MR) is 140 cm³/mol. The maximum atomic E-state index is 13.5. The number of nitro benzene ring substituents is 1. The molecule has 10 heteroatoms. The van der Waals surface area contributed by atoms with Crippen molar-refractivity contribution in [2.75, 3.05) is 16.2 Å². The number of sulfonamides is 1. The summed E-state index contributed by atoms with van der Waals surface area (Å²) < 4.78 is 33.8. The van der Waals surface area contributed by atoms with Gasteiger partial charge >= 0.3 is 0 Å². The quantitative estimate of drug-likeness (QED) is 0.230. The highest BCUT2D eigenvalue weighted by Gasteiger charge is 2.27. The highest BCUT2D eigenvalue weighted by Crippen LogP contribution is 2.29. The van der Waals surface area contributed by atoms with Gasteiger partial charge in [0.2, 0.25) is 5.91 Å². The van der Waals surface area contributed by atoms with E-state index in [-0.39, 0.29) is 27.5 Å². The first-order valence-electron chi connectivity index (χ1n) is 11.2. The summed E-state index contributed by atoms with van der Waals surface area (Å²) >= 11 is 0. The first kappa shape index (κ1) is 25.4. The summed E-state index contributed by atoms with van der Waals surface area (Å²) in [5, 5.41) is 13.8. The average molecular weight is 518 g/mol. The molecule has 0 saturated carbocycles. The van der Waals surface area contributed by atoms with Crippen molar-refractivity contribution in [2.45, 2.75) is 11.8 Å². The Balaban J connectivity index is 1.63. The zero-order valence-corrected chi connectivity index (χ0v) is 20.6. The highest BCUT2D eigenvalue weighted by molar-refractivity contribution is 7.92. The monoisotopic (exact) mass is 517 g/mol. The fourth-order valence-corrected chi connectivity index (χ4v) is 5.06. The van der Waals surface area contributed by atoms with Gasteiger partial charge < -0.3 is 10.1 Å². The van der Waals surface area contributed by atoms with Gasteiger partial charge in [0.1, 0.15) is 18.0 Å². The van der Waals surface area contributed by atoms with Crippen molar-refractivity contribution in [3.63, 3.8) is 0 Å². The molecule has 0 unspecified atom stereocenters. The summed E-state index contributed by atoms with van der Waals surface area (Å²) in [5.41, 5.74) is 0.583. The van der Waals surface area contributed by atoms with Gasteiger partial charge in [0.15, 0.2) is 0 Å². The maximum absolute atomic E-state index is 13.5. The van der Waals surface area contributed by atoms with Crippen LogP contribution >= 0.6 is 0 Å². The second-order valence-corrected chi connectivity index (χ2v) is 9.85. The molecule has 0 saturated heterocycles. The van der Waals surface area contributed by atoms with Gasteiger partial charge in [-0.1, -0.05) is 42.5 Å². The topological polar surface area (TPSA) is 119 Å². The third-order valence-electron chi connectivity index (χ3n) is 5.50. The molecular weight excluding hydrogens is 494 g/mol. The van der Waals surface area contributed by atoms with Crippen LogP contribution in [0.25, 0.3) is 0 Å². The fraction of sp³-hybridized carbons (Fsp3) is 0.0741. The van der Waals surface area contributed by atoms with Gasteiger partial charge in [0, 0.05) is 6.07 Å².